The van der Waals surface area contributed by atoms with Gasteiger partial charge in [-0.1, -0.05) is 25.2 Å². The topological polar surface area (TPSA) is 41.0 Å². The first-order chi connectivity index (χ1) is 6.89. The Balaban J connectivity index is 2.42. The molecule has 1 aromatic rings. The van der Waals surface area contributed by atoms with Gasteiger partial charge in [0.15, 0.2) is 3.92 Å². The van der Waals surface area contributed by atoms with E-state index in [1.165, 1.54) is 11.3 Å². The summed E-state index contributed by atoms with van der Waals surface area (Å²) in [5.74, 6) is 0. The highest BCUT2D eigenvalue weighted by Crippen LogP contribution is 2.22. The fourth-order valence-electron chi connectivity index (χ4n) is 1.50. The van der Waals surface area contributed by atoms with Crippen LogP contribution < -0.4 is 5.32 Å². The second-order valence-corrected chi connectivity index (χ2v) is 6.87. The lowest BCUT2D eigenvalue weighted by atomic mass is 9.93. The van der Waals surface area contributed by atoms with Gasteiger partial charge >= 0.3 is 0 Å². The van der Waals surface area contributed by atoms with Crippen LogP contribution in [0.1, 0.15) is 13.8 Å². The lowest BCUT2D eigenvalue weighted by molar-refractivity contribution is 0.254. The minimum absolute atomic E-state index is 0.224. The summed E-state index contributed by atoms with van der Waals surface area (Å²) in [6, 6.07) is 0. The van der Waals surface area contributed by atoms with Crippen LogP contribution in [0.3, 0.4) is 0 Å². The molecule has 1 heterocycles. The molecule has 0 aliphatic rings. The SMILES string of the molecule is CN(C)CC(C)(C)CNc1nnc(Br)s1. The summed E-state index contributed by atoms with van der Waals surface area (Å²) in [7, 11) is 4.17. The first kappa shape index (κ1) is 12.9. The maximum atomic E-state index is 3.99. The van der Waals surface area contributed by atoms with Gasteiger partial charge in [0.1, 0.15) is 0 Å². The molecule has 6 heteroatoms. The average Bonchev–Trinajstić information content (AvgIpc) is 2.46. The molecule has 0 unspecified atom stereocenters. The molecule has 0 saturated heterocycles. The standard InChI is InChI=1S/C9H17BrN4S/c1-9(2,6-14(3)4)5-11-8-13-12-7(10)15-8/h5-6H2,1-4H3,(H,11,13). The van der Waals surface area contributed by atoms with E-state index in [-0.39, 0.29) is 5.41 Å². The van der Waals surface area contributed by atoms with Crippen molar-refractivity contribution in [1.29, 1.82) is 0 Å². The van der Waals surface area contributed by atoms with Gasteiger partial charge in [-0.15, -0.1) is 10.2 Å². The van der Waals surface area contributed by atoms with Gasteiger partial charge in [-0.05, 0) is 35.4 Å². The molecule has 0 saturated carbocycles. The maximum Gasteiger partial charge on any atom is 0.206 e. The molecular weight excluding hydrogens is 276 g/mol. The number of halogens is 1. The molecular formula is C9H17BrN4S. The van der Waals surface area contributed by atoms with Crippen LogP contribution in [0.2, 0.25) is 0 Å². The van der Waals surface area contributed by atoms with E-state index in [0.29, 0.717) is 0 Å². The van der Waals surface area contributed by atoms with Crippen LogP contribution in [-0.4, -0.2) is 42.3 Å². The van der Waals surface area contributed by atoms with Crippen LogP contribution >= 0.6 is 27.3 Å². The zero-order chi connectivity index (χ0) is 11.5. The van der Waals surface area contributed by atoms with Crippen LogP contribution in [0.25, 0.3) is 0 Å². The summed E-state index contributed by atoms with van der Waals surface area (Å²) in [5, 5.41) is 12.1. The van der Waals surface area contributed by atoms with Crippen molar-refractivity contribution in [3.8, 4) is 0 Å². The molecule has 0 aromatic carbocycles. The molecule has 0 aliphatic carbocycles. The van der Waals surface area contributed by atoms with E-state index in [9.17, 15) is 0 Å². The molecule has 0 bridgehead atoms. The molecule has 0 aliphatic heterocycles. The van der Waals surface area contributed by atoms with Crippen LogP contribution in [-0.2, 0) is 0 Å². The Morgan fingerprint density at radius 3 is 2.53 bits per heavy atom. The van der Waals surface area contributed by atoms with Crippen molar-refractivity contribution < 1.29 is 0 Å². The van der Waals surface area contributed by atoms with E-state index in [1.54, 1.807) is 0 Å². The first-order valence-corrected chi connectivity index (χ1v) is 6.38. The molecule has 0 fully saturated rings. The number of anilines is 1. The molecule has 86 valence electrons. The van der Waals surface area contributed by atoms with Gasteiger partial charge in [-0.2, -0.15) is 0 Å². The van der Waals surface area contributed by atoms with Crippen molar-refractivity contribution in [2.75, 3.05) is 32.5 Å². The summed E-state index contributed by atoms with van der Waals surface area (Å²) in [4.78, 5) is 2.19. The van der Waals surface area contributed by atoms with E-state index >= 15 is 0 Å². The third kappa shape index (κ3) is 4.90. The highest BCUT2D eigenvalue weighted by atomic mass is 79.9. The Labute approximate surface area is 103 Å². The second-order valence-electron chi connectivity index (χ2n) is 4.62. The quantitative estimate of drug-likeness (QED) is 0.904. The number of nitrogens with zero attached hydrogens (tertiary/aromatic N) is 3. The minimum atomic E-state index is 0.224. The van der Waals surface area contributed by atoms with Crippen molar-refractivity contribution >= 4 is 32.4 Å². The number of aromatic nitrogens is 2. The number of hydrogen-bond donors (Lipinski definition) is 1. The number of nitrogens with one attached hydrogen (secondary N) is 1. The van der Waals surface area contributed by atoms with Gasteiger partial charge in [0.05, 0.1) is 0 Å². The summed E-state index contributed by atoms with van der Waals surface area (Å²) < 4.78 is 0.815. The molecule has 1 rings (SSSR count). The van der Waals surface area contributed by atoms with Crippen molar-refractivity contribution in [2.45, 2.75) is 13.8 Å². The zero-order valence-corrected chi connectivity index (χ0v) is 11.9. The highest BCUT2D eigenvalue weighted by Gasteiger charge is 2.19. The van der Waals surface area contributed by atoms with E-state index in [1.807, 2.05) is 0 Å². The van der Waals surface area contributed by atoms with Crippen LogP contribution in [0.15, 0.2) is 3.92 Å². The van der Waals surface area contributed by atoms with E-state index in [0.717, 1.165) is 22.1 Å². The molecule has 0 spiro atoms. The van der Waals surface area contributed by atoms with Crippen LogP contribution in [0.4, 0.5) is 5.13 Å². The van der Waals surface area contributed by atoms with Crippen molar-refractivity contribution in [1.82, 2.24) is 15.1 Å². The molecule has 0 atom stereocenters. The lowest BCUT2D eigenvalue weighted by Crippen LogP contribution is -2.34. The van der Waals surface area contributed by atoms with Crippen LogP contribution in [0.5, 0.6) is 0 Å². The predicted molar refractivity (Wildman–Crippen MR) is 68.4 cm³/mol. The summed E-state index contributed by atoms with van der Waals surface area (Å²) in [6.07, 6.45) is 0. The molecule has 15 heavy (non-hydrogen) atoms. The van der Waals surface area contributed by atoms with E-state index in [2.05, 4.69) is 64.3 Å². The fraction of sp³-hybridized carbons (Fsp3) is 0.778. The Morgan fingerprint density at radius 2 is 2.07 bits per heavy atom. The zero-order valence-electron chi connectivity index (χ0n) is 9.54. The van der Waals surface area contributed by atoms with Gasteiger partial charge < -0.3 is 10.2 Å². The Morgan fingerprint density at radius 1 is 1.40 bits per heavy atom. The lowest BCUT2D eigenvalue weighted by Gasteiger charge is -2.28. The largest absolute Gasteiger partial charge is 0.359 e. The molecule has 0 radical (unpaired) electrons. The number of hydrogen-bond acceptors (Lipinski definition) is 5. The summed E-state index contributed by atoms with van der Waals surface area (Å²) in [5.41, 5.74) is 0.224. The average molecular weight is 293 g/mol. The van der Waals surface area contributed by atoms with E-state index < -0.39 is 0 Å². The third-order valence-corrected chi connectivity index (χ3v) is 3.18. The molecule has 0 amide bonds. The summed E-state index contributed by atoms with van der Waals surface area (Å²) in [6.45, 7) is 6.40. The van der Waals surface area contributed by atoms with E-state index in [4.69, 9.17) is 0 Å². The molecule has 4 nitrogen and oxygen atoms in total. The highest BCUT2D eigenvalue weighted by molar-refractivity contribution is 9.11. The smallest absolute Gasteiger partial charge is 0.206 e. The van der Waals surface area contributed by atoms with Gasteiger partial charge in [0, 0.05) is 13.1 Å². The van der Waals surface area contributed by atoms with Crippen LogP contribution in [0, 0.1) is 5.41 Å². The second kappa shape index (κ2) is 5.23. The minimum Gasteiger partial charge on any atom is -0.359 e. The van der Waals surface area contributed by atoms with Gasteiger partial charge in [-0.25, -0.2) is 0 Å². The van der Waals surface area contributed by atoms with Crippen molar-refractivity contribution in [2.24, 2.45) is 5.41 Å². The van der Waals surface area contributed by atoms with Gasteiger partial charge in [0.25, 0.3) is 0 Å². The normalized spacial score (nSPS) is 12.1. The van der Waals surface area contributed by atoms with Crippen molar-refractivity contribution in [3.63, 3.8) is 0 Å². The van der Waals surface area contributed by atoms with Crippen molar-refractivity contribution in [3.05, 3.63) is 3.92 Å². The Kier molecular flexibility index (Phi) is 4.48. The third-order valence-electron chi connectivity index (χ3n) is 1.86. The first-order valence-electron chi connectivity index (χ1n) is 4.77. The maximum absolute atomic E-state index is 3.99. The Hall–Kier alpha value is -0.200. The monoisotopic (exact) mass is 292 g/mol. The van der Waals surface area contributed by atoms with Gasteiger partial charge in [-0.3, -0.25) is 0 Å². The fourth-order valence-corrected chi connectivity index (χ4v) is 2.51. The molecule has 1 N–H and O–H groups in total. The van der Waals surface area contributed by atoms with Gasteiger partial charge in [0.2, 0.25) is 5.13 Å². The molecule has 1 aromatic heterocycles. The summed E-state index contributed by atoms with van der Waals surface area (Å²) >= 11 is 4.81. The predicted octanol–water partition coefficient (Wildman–Crippen LogP) is 2.30. The Bertz CT molecular complexity index is 311. The number of rotatable bonds is 5.